The maximum atomic E-state index is 12.3. The van der Waals surface area contributed by atoms with Gasteiger partial charge in [-0.2, -0.15) is 0 Å². The third-order valence-electron chi connectivity index (χ3n) is 3.27. The van der Waals surface area contributed by atoms with E-state index in [-0.39, 0.29) is 18.1 Å². The number of carbonyl (C=O) groups excluding carboxylic acids is 3. The molecule has 0 unspecified atom stereocenters. The first-order valence-corrected chi connectivity index (χ1v) is 6.92. The summed E-state index contributed by atoms with van der Waals surface area (Å²) in [6.45, 7) is -0.575. The number of hydrogen-bond donors (Lipinski definition) is 1. The molecule has 0 saturated carbocycles. The summed E-state index contributed by atoms with van der Waals surface area (Å²) >= 11 is 0. The molecule has 1 N–H and O–H groups in total. The van der Waals surface area contributed by atoms with Crippen molar-refractivity contribution in [1.29, 1.82) is 0 Å². The van der Waals surface area contributed by atoms with Crippen molar-refractivity contribution in [2.75, 3.05) is 23.4 Å². The second kappa shape index (κ2) is 6.27. The number of pyridine rings is 1. The van der Waals surface area contributed by atoms with Gasteiger partial charge in [0.05, 0.1) is 11.4 Å². The molecule has 0 saturated heterocycles. The summed E-state index contributed by atoms with van der Waals surface area (Å²) in [5, 5.41) is 2.68. The second-order valence-corrected chi connectivity index (χ2v) is 4.84. The molecule has 2 heterocycles. The highest BCUT2D eigenvalue weighted by molar-refractivity contribution is 6.10. The molecule has 7 nitrogen and oxygen atoms in total. The van der Waals surface area contributed by atoms with Crippen LogP contribution in [0.15, 0.2) is 48.7 Å². The fourth-order valence-corrected chi connectivity index (χ4v) is 2.22. The van der Waals surface area contributed by atoms with Crippen molar-refractivity contribution < 1.29 is 19.1 Å². The van der Waals surface area contributed by atoms with Gasteiger partial charge in [-0.15, -0.1) is 0 Å². The fraction of sp³-hybridized carbons (Fsp3) is 0.125. The first-order valence-electron chi connectivity index (χ1n) is 6.92. The largest absolute Gasteiger partial charge is 0.451 e. The lowest BCUT2D eigenvalue weighted by Gasteiger charge is -2.28. The molecular formula is C16H13N3O4. The van der Waals surface area contributed by atoms with E-state index in [4.69, 9.17) is 4.74 Å². The molecule has 0 radical (unpaired) electrons. The molecule has 0 bridgehead atoms. The van der Waals surface area contributed by atoms with Gasteiger partial charge in [-0.05, 0) is 24.3 Å². The highest BCUT2D eigenvalue weighted by atomic mass is 16.5. The van der Waals surface area contributed by atoms with Crippen molar-refractivity contribution in [1.82, 2.24) is 4.98 Å². The van der Waals surface area contributed by atoms with Crippen LogP contribution >= 0.6 is 0 Å². The Labute approximate surface area is 131 Å². The van der Waals surface area contributed by atoms with E-state index in [9.17, 15) is 14.4 Å². The average Bonchev–Trinajstić information content (AvgIpc) is 2.59. The van der Waals surface area contributed by atoms with Gasteiger partial charge in [-0.25, -0.2) is 9.78 Å². The van der Waals surface area contributed by atoms with Gasteiger partial charge in [0, 0.05) is 6.20 Å². The summed E-state index contributed by atoms with van der Waals surface area (Å²) in [6.07, 6.45) is 1.46. The smallest absolute Gasteiger partial charge is 0.357 e. The van der Waals surface area contributed by atoms with Crippen molar-refractivity contribution >= 4 is 29.2 Å². The number of nitrogens with zero attached hydrogens (tertiary/aromatic N) is 2. The highest BCUT2D eigenvalue weighted by Crippen LogP contribution is 2.28. The number of esters is 1. The van der Waals surface area contributed by atoms with Crippen molar-refractivity contribution in [3.05, 3.63) is 54.4 Å². The zero-order valence-electron chi connectivity index (χ0n) is 12.1. The fourth-order valence-electron chi connectivity index (χ4n) is 2.22. The number of para-hydroxylation sites is 2. The van der Waals surface area contributed by atoms with Gasteiger partial charge in [0.15, 0.2) is 6.61 Å². The Balaban J connectivity index is 1.69. The number of amides is 2. The summed E-state index contributed by atoms with van der Waals surface area (Å²) in [6, 6.07) is 11.8. The Morgan fingerprint density at radius 2 is 1.96 bits per heavy atom. The van der Waals surface area contributed by atoms with Crippen LogP contribution in [-0.2, 0) is 14.3 Å². The number of anilines is 2. The van der Waals surface area contributed by atoms with Crippen molar-refractivity contribution in [3.8, 4) is 0 Å². The first kappa shape index (κ1) is 14.7. The number of aromatic nitrogens is 1. The molecule has 1 aliphatic rings. The normalized spacial score (nSPS) is 13.0. The Kier molecular flexibility index (Phi) is 4.01. The maximum Gasteiger partial charge on any atom is 0.357 e. The molecule has 0 spiro atoms. The lowest BCUT2D eigenvalue weighted by atomic mass is 10.2. The van der Waals surface area contributed by atoms with Crippen molar-refractivity contribution in [3.63, 3.8) is 0 Å². The summed E-state index contributed by atoms with van der Waals surface area (Å²) in [5.74, 6) is -1.46. The zero-order valence-corrected chi connectivity index (χ0v) is 12.1. The van der Waals surface area contributed by atoms with Gasteiger partial charge >= 0.3 is 5.97 Å². The predicted octanol–water partition coefficient (Wildman–Crippen LogP) is 1.22. The molecule has 0 atom stereocenters. The van der Waals surface area contributed by atoms with Gasteiger partial charge in [0.2, 0.25) is 5.91 Å². The Hall–Kier alpha value is -3.22. The van der Waals surface area contributed by atoms with Gasteiger partial charge in [-0.3, -0.25) is 14.5 Å². The lowest BCUT2D eigenvalue weighted by Crippen LogP contribution is -2.44. The minimum absolute atomic E-state index is 0.114. The van der Waals surface area contributed by atoms with Crippen LogP contribution in [0.5, 0.6) is 0 Å². The van der Waals surface area contributed by atoms with E-state index in [1.807, 2.05) is 0 Å². The van der Waals surface area contributed by atoms with Crippen molar-refractivity contribution in [2.45, 2.75) is 0 Å². The molecule has 1 aliphatic heterocycles. The SMILES string of the molecule is O=C1CN(C(=O)COC(=O)c2ccccn2)c2ccccc2N1. The first-order chi connectivity index (χ1) is 11.1. The van der Waals surface area contributed by atoms with E-state index in [2.05, 4.69) is 10.3 Å². The molecule has 1 aromatic heterocycles. The summed E-state index contributed by atoms with van der Waals surface area (Å²) < 4.78 is 4.97. The predicted molar refractivity (Wildman–Crippen MR) is 81.9 cm³/mol. The average molecular weight is 311 g/mol. The summed E-state index contributed by atoms with van der Waals surface area (Å²) in [5.41, 5.74) is 1.25. The van der Waals surface area contributed by atoms with E-state index >= 15 is 0 Å². The second-order valence-electron chi connectivity index (χ2n) is 4.84. The molecule has 7 heteroatoms. The highest BCUT2D eigenvalue weighted by Gasteiger charge is 2.27. The van der Waals surface area contributed by atoms with Crippen LogP contribution < -0.4 is 10.2 Å². The van der Waals surface area contributed by atoms with E-state index in [0.29, 0.717) is 11.4 Å². The molecular weight excluding hydrogens is 298 g/mol. The third kappa shape index (κ3) is 3.18. The number of nitrogens with one attached hydrogen (secondary N) is 1. The number of carbonyl (C=O) groups is 3. The molecule has 2 aromatic rings. The van der Waals surface area contributed by atoms with E-state index < -0.39 is 18.5 Å². The van der Waals surface area contributed by atoms with Crippen LogP contribution in [0.4, 0.5) is 11.4 Å². The van der Waals surface area contributed by atoms with Crippen LogP contribution in [0.1, 0.15) is 10.5 Å². The minimum Gasteiger partial charge on any atom is -0.451 e. The Bertz CT molecular complexity index is 761. The Morgan fingerprint density at radius 3 is 2.74 bits per heavy atom. The van der Waals surface area contributed by atoms with Gasteiger partial charge in [0.25, 0.3) is 5.91 Å². The maximum absolute atomic E-state index is 12.3. The summed E-state index contributed by atoms with van der Waals surface area (Å²) in [4.78, 5) is 40.9. The zero-order chi connectivity index (χ0) is 16.2. The molecule has 3 rings (SSSR count). The number of hydrogen-bond acceptors (Lipinski definition) is 5. The number of fused-ring (bicyclic) bond motifs is 1. The van der Waals surface area contributed by atoms with Gasteiger partial charge in [-0.1, -0.05) is 18.2 Å². The minimum atomic E-state index is -0.686. The van der Waals surface area contributed by atoms with E-state index in [1.54, 1.807) is 36.4 Å². The molecule has 2 amide bonds. The van der Waals surface area contributed by atoms with Gasteiger partial charge < -0.3 is 10.1 Å². The Morgan fingerprint density at radius 1 is 1.17 bits per heavy atom. The van der Waals surface area contributed by atoms with Crippen LogP contribution in [0.2, 0.25) is 0 Å². The van der Waals surface area contributed by atoms with Crippen molar-refractivity contribution in [2.24, 2.45) is 0 Å². The number of rotatable bonds is 3. The van der Waals surface area contributed by atoms with Gasteiger partial charge in [0.1, 0.15) is 12.2 Å². The molecule has 0 fully saturated rings. The third-order valence-corrected chi connectivity index (χ3v) is 3.27. The van der Waals surface area contributed by atoms with Crippen LogP contribution in [0.3, 0.4) is 0 Å². The van der Waals surface area contributed by atoms with Crippen LogP contribution in [0, 0.1) is 0 Å². The molecule has 0 aliphatic carbocycles. The molecule has 23 heavy (non-hydrogen) atoms. The number of benzene rings is 1. The lowest BCUT2D eigenvalue weighted by molar-refractivity contribution is -0.124. The summed E-state index contributed by atoms with van der Waals surface area (Å²) in [7, 11) is 0. The van der Waals surface area contributed by atoms with E-state index in [0.717, 1.165) is 0 Å². The van der Waals surface area contributed by atoms with E-state index in [1.165, 1.54) is 17.2 Å². The van der Waals surface area contributed by atoms with Crippen LogP contribution in [0.25, 0.3) is 0 Å². The standard InChI is InChI=1S/C16H13N3O4/c20-14-9-19(13-7-2-1-5-11(13)18-14)15(21)10-23-16(22)12-6-3-4-8-17-12/h1-8H,9-10H2,(H,18,20). The van der Waals surface area contributed by atoms with Crippen LogP contribution in [-0.4, -0.2) is 35.9 Å². The molecule has 1 aromatic carbocycles. The molecule has 116 valence electrons. The quantitative estimate of drug-likeness (QED) is 0.861. The topological polar surface area (TPSA) is 88.6 Å². The number of ether oxygens (including phenoxy) is 1. The monoisotopic (exact) mass is 311 g/mol.